The standard InChI is InChI=1S/C20H31N5O2.HI/c1-6-21-20(22-12-11-18-23-19(15(2)3)24-27-18)25(5)13-14-26-17-9-7-16(4)8-10-17;/h7-10,15H,6,11-14H2,1-5H3,(H,21,22);1H. The van der Waals surface area contributed by atoms with Crippen molar-refractivity contribution in [1.82, 2.24) is 20.4 Å². The lowest BCUT2D eigenvalue weighted by atomic mass is 10.2. The van der Waals surface area contributed by atoms with E-state index in [0.717, 1.165) is 30.6 Å². The molecule has 0 saturated heterocycles. The SMILES string of the molecule is CCNC(=NCCc1nc(C(C)C)no1)N(C)CCOc1ccc(C)cc1.I. The molecule has 0 fully saturated rings. The Morgan fingerprint density at radius 3 is 2.61 bits per heavy atom. The monoisotopic (exact) mass is 501 g/mol. The minimum absolute atomic E-state index is 0. The van der Waals surface area contributed by atoms with E-state index in [1.54, 1.807) is 0 Å². The van der Waals surface area contributed by atoms with Gasteiger partial charge in [0.05, 0.1) is 13.1 Å². The molecule has 1 heterocycles. The van der Waals surface area contributed by atoms with Crippen LogP contribution in [0, 0.1) is 6.92 Å². The van der Waals surface area contributed by atoms with Gasteiger partial charge in [-0.05, 0) is 26.0 Å². The molecule has 0 atom stereocenters. The number of nitrogens with zero attached hydrogens (tertiary/aromatic N) is 4. The first-order valence-corrected chi connectivity index (χ1v) is 9.51. The molecule has 1 aromatic heterocycles. The second kappa shape index (κ2) is 12.6. The molecule has 1 aromatic carbocycles. The molecule has 0 saturated carbocycles. The Balaban J connectivity index is 0.00000392. The van der Waals surface area contributed by atoms with Crippen molar-refractivity contribution >= 4 is 29.9 Å². The molecular formula is C20H32IN5O2. The highest BCUT2D eigenvalue weighted by molar-refractivity contribution is 14.0. The van der Waals surface area contributed by atoms with Gasteiger partial charge >= 0.3 is 0 Å². The zero-order valence-corrected chi connectivity index (χ0v) is 19.8. The first kappa shape index (κ1) is 24.2. The van der Waals surface area contributed by atoms with Gasteiger partial charge in [0.25, 0.3) is 0 Å². The Morgan fingerprint density at radius 1 is 1.29 bits per heavy atom. The summed E-state index contributed by atoms with van der Waals surface area (Å²) in [5.74, 6) is 3.36. The fourth-order valence-electron chi connectivity index (χ4n) is 2.37. The van der Waals surface area contributed by atoms with E-state index in [1.165, 1.54) is 5.56 Å². The van der Waals surface area contributed by atoms with Gasteiger partial charge in [-0.3, -0.25) is 4.99 Å². The van der Waals surface area contributed by atoms with E-state index in [-0.39, 0.29) is 29.9 Å². The highest BCUT2D eigenvalue weighted by atomic mass is 127. The van der Waals surface area contributed by atoms with Crippen LogP contribution in [0.25, 0.3) is 0 Å². The fraction of sp³-hybridized carbons (Fsp3) is 0.550. The van der Waals surface area contributed by atoms with E-state index in [4.69, 9.17) is 9.26 Å². The number of halogens is 1. The molecule has 7 nitrogen and oxygen atoms in total. The largest absolute Gasteiger partial charge is 0.492 e. The second-order valence-corrected chi connectivity index (χ2v) is 6.77. The Kier molecular flexibility index (Phi) is 10.9. The highest BCUT2D eigenvalue weighted by Gasteiger charge is 2.10. The molecular weight excluding hydrogens is 469 g/mol. The second-order valence-electron chi connectivity index (χ2n) is 6.77. The van der Waals surface area contributed by atoms with Crippen LogP contribution in [0.4, 0.5) is 0 Å². The summed E-state index contributed by atoms with van der Waals surface area (Å²) in [6, 6.07) is 8.08. The van der Waals surface area contributed by atoms with Gasteiger partial charge in [0, 0.05) is 25.9 Å². The predicted octanol–water partition coefficient (Wildman–Crippen LogP) is 3.64. The third-order valence-corrected chi connectivity index (χ3v) is 4.00. The van der Waals surface area contributed by atoms with Crippen LogP contribution in [0.15, 0.2) is 33.8 Å². The maximum atomic E-state index is 5.80. The Bertz CT molecular complexity index is 716. The molecule has 0 aliphatic carbocycles. The number of benzene rings is 1. The first-order chi connectivity index (χ1) is 13.0. The van der Waals surface area contributed by atoms with Crippen molar-refractivity contribution in [2.45, 2.75) is 40.0 Å². The summed E-state index contributed by atoms with van der Waals surface area (Å²) >= 11 is 0. The Labute approximate surface area is 185 Å². The molecule has 156 valence electrons. The van der Waals surface area contributed by atoms with Crippen molar-refractivity contribution in [3.8, 4) is 5.75 Å². The molecule has 8 heteroatoms. The number of hydrogen-bond donors (Lipinski definition) is 1. The van der Waals surface area contributed by atoms with Gasteiger partial charge in [-0.25, -0.2) is 0 Å². The van der Waals surface area contributed by atoms with Crippen molar-refractivity contribution in [3.05, 3.63) is 41.5 Å². The lowest BCUT2D eigenvalue weighted by Gasteiger charge is -2.22. The minimum atomic E-state index is 0. The summed E-state index contributed by atoms with van der Waals surface area (Å²) in [5.41, 5.74) is 1.22. The Hall–Kier alpha value is -1.84. The molecule has 2 rings (SSSR count). The molecule has 0 aliphatic rings. The van der Waals surface area contributed by atoms with Gasteiger partial charge in [0.2, 0.25) is 5.89 Å². The number of guanidine groups is 1. The number of ether oxygens (including phenoxy) is 1. The summed E-state index contributed by atoms with van der Waals surface area (Å²) in [4.78, 5) is 11.1. The number of aliphatic imine (C=N–C) groups is 1. The average molecular weight is 501 g/mol. The topological polar surface area (TPSA) is 75.8 Å². The van der Waals surface area contributed by atoms with Crippen molar-refractivity contribution in [1.29, 1.82) is 0 Å². The summed E-state index contributed by atoms with van der Waals surface area (Å²) in [7, 11) is 2.00. The van der Waals surface area contributed by atoms with Crippen molar-refractivity contribution in [2.24, 2.45) is 4.99 Å². The number of likely N-dealkylation sites (N-methyl/N-ethyl adjacent to an activating group) is 1. The quantitative estimate of drug-likeness (QED) is 0.321. The average Bonchev–Trinajstić information content (AvgIpc) is 3.12. The fourth-order valence-corrected chi connectivity index (χ4v) is 2.37. The molecule has 0 unspecified atom stereocenters. The van der Waals surface area contributed by atoms with Crippen LogP contribution in [0.3, 0.4) is 0 Å². The maximum Gasteiger partial charge on any atom is 0.228 e. The Morgan fingerprint density at radius 2 is 2.00 bits per heavy atom. The minimum Gasteiger partial charge on any atom is -0.492 e. The van der Waals surface area contributed by atoms with Gasteiger partial charge in [0.1, 0.15) is 12.4 Å². The zero-order chi connectivity index (χ0) is 19.6. The third kappa shape index (κ3) is 8.04. The number of hydrogen-bond acceptors (Lipinski definition) is 5. The van der Waals surface area contributed by atoms with Crippen LogP contribution in [-0.2, 0) is 6.42 Å². The van der Waals surface area contributed by atoms with Crippen LogP contribution >= 0.6 is 24.0 Å². The molecule has 0 bridgehead atoms. The van der Waals surface area contributed by atoms with E-state index in [2.05, 4.69) is 39.2 Å². The highest BCUT2D eigenvalue weighted by Crippen LogP contribution is 2.11. The summed E-state index contributed by atoms with van der Waals surface area (Å²) < 4.78 is 11.1. The maximum absolute atomic E-state index is 5.80. The number of rotatable bonds is 9. The van der Waals surface area contributed by atoms with Gasteiger partial charge in [-0.2, -0.15) is 4.98 Å². The molecule has 1 N–H and O–H groups in total. The predicted molar refractivity (Wildman–Crippen MR) is 123 cm³/mol. The molecule has 28 heavy (non-hydrogen) atoms. The smallest absolute Gasteiger partial charge is 0.228 e. The van der Waals surface area contributed by atoms with Crippen molar-refractivity contribution < 1.29 is 9.26 Å². The van der Waals surface area contributed by atoms with Gasteiger partial charge in [-0.1, -0.05) is 36.7 Å². The molecule has 0 radical (unpaired) electrons. The number of aromatic nitrogens is 2. The lowest BCUT2D eigenvalue weighted by Crippen LogP contribution is -2.41. The molecule has 2 aromatic rings. The molecule has 0 amide bonds. The van der Waals surface area contributed by atoms with E-state index in [1.807, 2.05) is 45.2 Å². The summed E-state index contributed by atoms with van der Waals surface area (Å²) in [6.07, 6.45) is 0.627. The van der Waals surface area contributed by atoms with Crippen LogP contribution in [0.2, 0.25) is 0 Å². The van der Waals surface area contributed by atoms with Crippen LogP contribution in [0.1, 0.15) is 44.0 Å². The van der Waals surface area contributed by atoms with E-state index in [9.17, 15) is 0 Å². The number of nitrogens with one attached hydrogen (secondary N) is 1. The number of aryl methyl sites for hydroxylation is 1. The van der Waals surface area contributed by atoms with Gasteiger partial charge < -0.3 is 19.5 Å². The van der Waals surface area contributed by atoms with E-state index in [0.29, 0.717) is 25.5 Å². The lowest BCUT2D eigenvalue weighted by molar-refractivity contribution is 0.281. The molecule has 0 spiro atoms. The van der Waals surface area contributed by atoms with Crippen LogP contribution in [0.5, 0.6) is 5.75 Å². The van der Waals surface area contributed by atoms with E-state index < -0.39 is 0 Å². The van der Waals surface area contributed by atoms with Gasteiger partial charge in [0.15, 0.2) is 11.8 Å². The first-order valence-electron chi connectivity index (χ1n) is 9.51. The van der Waals surface area contributed by atoms with Gasteiger partial charge in [-0.15, -0.1) is 24.0 Å². The summed E-state index contributed by atoms with van der Waals surface area (Å²) in [5, 5.41) is 7.28. The van der Waals surface area contributed by atoms with Crippen molar-refractivity contribution in [2.75, 3.05) is 33.3 Å². The third-order valence-electron chi connectivity index (χ3n) is 4.00. The van der Waals surface area contributed by atoms with Crippen LogP contribution in [-0.4, -0.2) is 54.3 Å². The summed E-state index contributed by atoms with van der Waals surface area (Å²) in [6.45, 7) is 10.9. The van der Waals surface area contributed by atoms with Crippen molar-refractivity contribution in [3.63, 3.8) is 0 Å². The zero-order valence-electron chi connectivity index (χ0n) is 17.4. The molecule has 0 aliphatic heterocycles. The normalized spacial score (nSPS) is 11.3. The van der Waals surface area contributed by atoms with E-state index >= 15 is 0 Å². The van der Waals surface area contributed by atoms with Crippen LogP contribution < -0.4 is 10.1 Å².